The summed E-state index contributed by atoms with van der Waals surface area (Å²) in [5, 5.41) is 2.14. The second-order valence-electron chi connectivity index (χ2n) is 5.48. The van der Waals surface area contributed by atoms with E-state index in [1.807, 2.05) is 12.1 Å². The minimum atomic E-state index is 0.323. The van der Waals surface area contributed by atoms with Crippen LogP contribution in [0, 0.1) is 12.8 Å². The van der Waals surface area contributed by atoms with Crippen LogP contribution in [0.1, 0.15) is 30.6 Å². The maximum Gasteiger partial charge on any atom is 0.107 e. The van der Waals surface area contributed by atoms with Gasteiger partial charge in [0.25, 0.3) is 0 Å². The van der Waals surface area contributed by atoms with Gasteiger partial charge in [0.2, 0.25) is 0 Å². The van der Waals surface area contributed by atoms with Gasteiger partial charge in [-0.2, -0.15) is 0 Å². The standard InChI is InChI=1S/C16H19N3S/c1-10(2)16(15-5-4-8-20-15)19-11(3)18-13-9-12(17)6-7-14(13)19/h4-10,16H,17H2,1-3H3. The number of hydrogen-bond acceptors (Lipinski definition) is 3. The van der Waals surface area contributed by atoms with Crippen LogP contribution in [0.25, 0.3) is 11.0 Å². The first kappa shape index (κ1) is 13.2. The highest BCUT2D eigenvalue weighted by atomic mass is 32.1. The number of fused-ring (bicyclic) bond motifs is 1. The molecule has 104 valence electrons. The number of nitrogens with two attached hydrogens (primary N) is 1. The number of rotatable bonds is 3. The van der Waals surface area contributed by atoms with Crippen LogP contribution in [0.3, 0.4) is 0 Å². The summed E-state index contributed by atoms with van der Waals surface area (Å²) in [5.74, 6) is 1.54. The van der Waals surface area contributed by atoms with Crippen molar-refractivity contribution >= 4 is 28.1 Å². The molecule has 0 fully saturated rings. The van der Waals surface area contributed by atoms with E-state index in [-0.39, 0.29) is 0 Å². The van der Waals surface area contributed by atoms with Crippen molar-refractivity contribution in [1.82, 2.24) is 9.55 Å². The number of aryl methyl sites for hydroxylation is 1. The fourth-order valence-electron chi connectivity index (χ4n) is 2.80. The molecule has 3 nitrogen and oxygen atoms in total. The molecule has 1 unspecified atom stereocenters. The fraction of sp³-hybridized carbons (Fsp3) is 0.312. The van der Waals surface area contributed by atoms with Crippen LogP contribution in [0.2, 0.25) is 0 Å². The third-order valence-electron chi connectivity index (χ3n) is 3.63. The number of nitrogens with zero attached hydrogens (tertiary/aromatic N) is 2. The van der Waals surface area contributed by atoms with Crippen molar-refractivity contribution in [1.29, 1.82) is 0 Å². The molecule has 0 saturated carbocycles. The number of nitrogen functional groups attached to an aromatic ring is 1. The Morgan fingerprint density at radius 1 is 1.25 bits per heavy atom. The lowest BCUT2D eigenvalue weighted by Crippen LogP contribution is -2.16. The molecule has 2 N–H and O–H groups in total. The van der Waals surface area contributed by atoms with E-state index in [0.717, 1.165) is 22.5 Å². The van der Waals surface area contributed by atoms with Crippen molar-refractivity contribution < 1.29 is 0 Å². The Bertz CT molecular complexity index is 726. The first-order chi connectivity index (χ1) is 9.58. The Kier molecular flexibility index (Phi) is 3.26. The van der Waals surface area contributed by atoms with Crippen LogP contribution in [-0.2, 0) is 0 Å². The van der Waals surface area contributed by atoms with Crippen LogP contribution in [0.4, 0.5) is 5.69 Å². The van der Waals surface area contributed by atoms with Crippen LogP contribution in [0.5, 0.6) is 0 Å². The number of anilines is 1. The van der Waals surface area contributed by atoms with Gasteiger partial charge in [-0.15, -0.1) is 11.3 Å². The highest BCUT2D eigenvalue weighted by molar-refractivity contribution is 7.10. The molecule has 3 rings (SSSR count). The molecule has 0 saturated heterocycles. The van der Waals surface area contributed by atoms with E-state index in [1.165, 1.54) is 4.88 Å². The molecular formula is C16H19N3S. The molecule has 2 aromatic heterocycles. The Labute approximate surface area is 123 Å². The predicted octanol–water partition coefficient (Wildman–Crippen LogP) is 4.23. The first-order valence-corrected chi connectivity index (χ1v) is 7.73. The van der Waals surface area contributed by atoms with E-state index in [9.17, 15) is 0 Å². The van der Waals surface area contributed by atoms with Crippen molar-refractivity contribution in [2.24, 2.45) is 5.92 Å². The number of imidazole rings is 1. The van der Waals surface area contributed by atoms with Crippen molar-refractivity contribution in [2.75, 3.05) is 5.73 Å². The molecule has 20 heavy (non-hydrogen) atoms. The Balaban J connectivity index is 2.23. The minimum absolute atomic E-state index is 0.323. The molecule has 4 heteroatoms. The Morgan fingerprint density at radius 2 is 2.05 bits per heavy atom. The van der Waals surface area contributed by atoms with E-state index in [1.54, 1.807) is 11.3 Å². The van der Waals surface area contributed by atoms with Gasteiger partial charge in [-0.05, 0) is 42.5 Å². The third kappa shape index (κ3) is 2.10. The molecule has 3 aromatic rings. The molecule has 0 radical (unpaired) electrons. The van der Waals surface area contributed by atoms with Gasteiger partial charge in [0, 0.05) is 10.6 Å². The van der Waals surface area contributed by atoms with Gasteiger partial charge in [-0.25, -0.2) is 4.98 Å². The Hall–Kier alpha value is -1.81. The zero-order valence-corrected chi connectivity index (χ0v) is 12.8. The van der Waals surface area contributed by atoms with Gasteiger partial charge in [0.05, 0.1) is 17.1 Å². The highest BCUT2D eigenvalue weighted by Gasteiger charge is 2.23. The molecule has 1 atom stereocenters. The minimum Gasteiger partial charge on any atom is -0.399 e. The summed E-state index contributed by atoms with van der Waals surface area (Å²) in [5.41, 5.74) is 8.76. The SMILES string of the molecule is Cc1nc2cc(N)ccc2n1C(c1cccs1)C(C)C. The molecule has 2 heterocycles. The number of thiophene rings is 1. The number of hydrogen-bond donors (Lipinski definition) is 1. The summed E-state index contributed by atoms with van der Waals surface area (Å²) in [6.45, 7) is 6.58. The Morgan fingerprint density at radius 3 is 2.70 bits per heavy atom. The molecule has 1 aromatic carbocycles. The van der Waals surface area contributed by atoms with E-state index < -0.39 is 0 Å². The van der Waals surface area contributed by atoms with Crippen molar-refractivity contribution in [2.45, 2.75) is 26.8 Å². The molecule has 0 spiro atoms. The largest absolute Gasteiger partial charge is 0.399 e. The monoisotopic (exact) mass is 285 g/mol. The lowest BCUT2D eigenvalue weighted by atomic mass is 10.0. The van der Waals surface area contributed by atoms with Gasteiger partial charge >= 0.3 is 0 Å². The molecule has 0 aliphatic rings. The maximum absolute atomic E-state index is 5.87. The van der Waals surface area contributed by atoms with Gasteiger partial charge in [0.1, 0.15) is 5.82 Å². The summed E-state index contributed by atoms with van der Waals surface area (Å²) < 4.78 is 2.34. The van der Waals surface area contributed by atoms with Crippen LogP contribution in [-0.4, -0.2) is 9.55 Å². The van der Waals surface area contributed by atoms with Gasteiger partial charge < -0.3 is 10.3 Å². The summed E-state index contributed by atoms with van der Waals surface area (Å²) in [4.78, 5) is 6.05. The van der Waals surface area contributed by atoms with E-state index in [2.05, 4.69) is 53.9 Å². The predicted molar refractivity (Wildman–Crippen MR) is 86.2 cm³/mol. The zero-order chi connectivity index (χ0) is 14.3. The second-order valence-corrected chi connectivity index (χ2v) is 6.46. The van der Waals surface area contributed by atoms with Crippen molar-refractivity contribution in [3.05, 3.63) is 46.4 Å². The summed E-state index contributed by atoms with van der Waals surface area (Å²) >= 11 is 1.80. The van der Waals surface area contributed by atoms with E-state index >= 15 is 0 Å². The van der Waals surface area contributed by atoms with Crippen molar-refractivity contribution in [3.63, 3.8) is 0 Å². The first-order valence-electron chi connectivity index (χ1n) is 6.85. The summed E-state index contributed by atoms with van der Waals surface area (Å²) in [7, 11) is 0. The third-order valence-corrected chi connectivity index (χ3v) is 4.58. The summed E-state index contributed by atoms with van der Waals surface area (Å²) in [6, 6.07) is 10.6. The lowest BCUT2D eigenvalue weighted by molar-refractivity contribution is 0.445. The molecule has 0 aliphatic heterocycles. The van der Waals surface area contributed by atoms with E-state index in [4.69, 9.17) is 5.73 Å². The second kappa shape index (κ2) is 4.94. The van der Waals surface area contributed by atoms with Crippen LogP contribution < -0.4 is 5.73 Å². The van der Waals surface area contributed by atoms with E-state index in [0.29, 0.717) is 12.0 Å². The molecule has 0 bridgehead atoms. The van der Waals surface area contributed by atoms with Gasteiger partial charge in [-0.1, -0.05) is 19.9 Å². The van der Waals surface area contributed by atoms with Crippen LogP contribution in [0.15, 0.2) is 35.7 Å². The zero-order valence-electron chi connectivity index (χ0n) is 12.0. The average Bonchev–Trinajstić information content (AvgIpc) is 2.98. The number of benzene rings is 1. The fourth-order valence-corrected chi connectivity index (χ4v) is 3.79. The maximum atomic E-state index is 5.87. The molecular weight excluding hydrogens is 266 g/mol. The quantitative estimate of drug-likeness (QED) is 0.732. The average molecular weight is 285 g/mol. The van der Waals surface area contributed by atoms with Crippen LogP contribution >= 0.6 is 11.3 Å². The van der Waals surface area contributed by atoms with Gasteiger partial charge in [0.15, 0.2) is 0 Å². The molecule has 0 aliphatic carbocycles. The lowest BCUT2D eigenvalue weighted by Gasteiger charge is -2.23. The highest BCUT2D eigenvalue weighted by Crippen LogP contribution is 2.34. The smallest absolute Gasteiger partial charge is 0.107 e. The number of aromatic nitrogens is 2. The topological polar surface area (TPSA) is 43.8 Å². The van der Waals surface area contributed by atoms with Gasteiger partial charge in [-0.3, -0.25) is 0 Å². The van der Waals surface area contributed by atoms with Crippen molar-refractivity contribution in [3.8, 4) is 0 Å². The molecule has 0 amide bonds. The summed E-state index contributed by atoms with van der Waals surface area (Å²) in [6.07, 6.45) is 0. The normalized spacial score (nSPS) is 13.2.